The zero-order chi connectivity index (χ0) is 21.0. The Morgan fingerprint density at radius 3 is 2.45 bits per heavy atom. The lowest BCUT2D eigenvalue weighted by molar-refractivity contribution is -0.128. The van der Waals surface area contributed by atoms with Crippen LogP contribution in [0.4, 0.5) is 15.8 Å². The molecule has 29 heavy (non-hydrogen) atoms. The number of halogens is 1. The standard InChI is InChI=1S/C22H24FN3O2S/c1-4-12-26-21(28)18(13-19(27)24-17-10-8-16(23)9-11-17)29-22(26)25-20-14(2)6-5-7-15(20)3/h5-11,18H,4,12-13H2,1-3H3,(H,24,27)/t18-/m0/s1. The van der Waals surface area contributed by atoms with E-state index in [2.05, 4.69) is 5.32 Å². The van der Waals surface area contributed by atoms with Crippen molar-refractivity contribution in [1.82, 2.24) is 4.90 Å². The van der Waals surface area contributed by atoms with Crippen molar-refractivity contribution in [1.29, 1.82) is 0 Å². The van der Waals surface area contributed by atoms with Gasteiger partial charge in [-0.25, -0.2) is 9.38 Å². The molecule has 0 bridgehead atoms. The molecule has 0 radical (unpaired) electrons. The van der Waals surface area contributed by atoms with Gasteiger partial charge in [-0.1, -0.05) is 36.9 Å². The number of amides is 2. The highest BCUT2D eigenvalue weighted by Crippen LogP contribution is 2.33. The highest BCUT2D eigenvalue weighted by molar-refractivity contribution is 8.15. The van der Waals surface area contributed by atoms with Crippen LogP contribution in [0.3, 0.4) is 0 Å². The first-order valence-electron chi connectivity index (χ1n) is 9.57. The number of rotatable bonds is 6. The van der Waals surface area contributed by atoms with Gasteiger partial charge in [0.1, 0.15) is 11.1 Å². The molecule has 2 amide bonds. The van der Waals surface area contributed by atoms with E-state index < -0.39 is 5.25 Å². The second-order valence-electron chi connectivity index (χ2n) is 6.99. The van der Waals surface area contributed by atoms with Gasteiger partial charge in [-0.3, -0.25) is 14.5 Å². The predicted molar refractivity (Wildman–Crippen MR) is 116 cm³/mol. The number of carbonyl (C=O) groups excluding carboxylic acids is 2. The minimum Gasteiger partial charge on any atom is -0.326 e. The first-order chi connectivity index (χ1) is 13.9. The molecule has 1 heterocycles. The third kappa shape index (κ3) is 5.03. The Bertz CT molecular complexity index is 923. The zero-order valence-electron chi connectivity index (χ0n) is 16.7. The fraction of sp³-hybridized carbons (Fsp3) is 0.318. The molecule has 0 aromatic heterocycles. The number of aryl methyl sites for hydroxylation is 2. The molecule has 1 aliphatic heterocycles. The minimum absolute atomic E-state index is 0.0346. The van der Waals surface area contributed by atoms with Crippen molar-refractivity contribution in [2.24, 2.45) is 4.99 Å². The van der Waals surface area contributed by atoms with Crippen LogP contribution < -0.4 is 5.32 Å². The molecular weight excluding hydrogens is 389 g/mol. The Balaban J connectivity index is 1.77. The number of hydrogen-bond acceptors (Lipinski definition) is 4. The quantitative estimate of drug-likeness (QED) is 0.739. The largest absolute Gasteiger partial charge is 0.326 e. The highest BCUT2D eigenvalue weighted by Gasteiger charge is 2.38. The van der Waals surface area contributed by atoms with Gasteiger partial charge in [-0.15, -0.1) is 0 Å². The van der Waals surface area contributed by atoms with E-state index in [-0.39, 0.29) is 24.1 Å². The Morgan fingerprint density at radius 1 is 1.17 bits per heavy atom. The van der Waals surface area contributed by atoms with E-state index in [9.17, 15) is 14.0 Å². The Morgan fingerprint density at radius 2 is 1.83 bits per heavy atom. The van der Waals surface area contributed by atoms with Crippen LogP contribution in [0, 0.1) is 19.7 Å². The normalized spacial score (nSPS) is 17.8. The summed E-state index contributed by atoms with van der Waals surface area (Å²) in [6.07, 6.45) is 0.833. The molecule has 1 aliphatic rings. The molecule has 2 aromatic rings. The number of thioether (sulfide) groups is 1. The van der Waals surface area contributed by atoms with Gasteiger partial charge in [0.2, 0.25) is 11.8 Å². The summed E-state index contributed by atoms with van der Waals surface area (Å²) < 4.78 is 13.0. The molecule has 0 aliphatic carbocycles. The number of carbonyl (C=O) groups is 2. The van der Waals surface area contributed by atoms with E-state index >= 15 is 0 Å². The first kappa shape index (κ1) is 21.0. The van der Waals surface area contributed by atoms with E-state index in [0.717, 1.165) is 23.2 Å². The van der Waals surface area contributed by atoms with Crippen LogP contribution >= 0.6 is 11.8 Å². The number of anilines is 1. The molecule has 3 rings (SSSR count). The summed E-state index contributed by atoms with van der Waals surface area (Å²) in [7, 11) is 0. The number of para-hydroxylation sites is 1. The molecule has 2 aromatic carbocycles. The predicted octanol–water partition coefficient (Wildman–Crippen LogP) is 4.81. The van der Waals surface area contributed by atoms with Crippen LogP contribution in [0.2, 0.25) is 0 Å². The van der Waals surface area contributed by atoms with E-state index in [1.165, 1.54) is 36.0 Å². The maximum Gasteiger partial charge on any atom is 0.242 e. The van der Waals surface area contributed by atoms with E-state index in [4.69, 9.17) is 4.99 Å². The van der Waals surface area contributed by atoms with Crippen LogP contribution in [-0.2, 0) is 9.59 Å². The second-order valence-corrected chi connectivity index (χ2v) is 8.16. The fourth-order valence-electron chi connectivity index (χ4n) is 3.15. The average Bonchev–Trinajstić information content (AvgIpc) is 2.96. The second kappa shape index (κ2) is 9.22. The van der Waals surface area contributed by atoms with Gasteiger partial charge in [0.15, 0.2) is 5.17 Å². The monoisotopic (exact) mass is 413 g/mol. The lowest BCUT2D eigenvalue weighted by Crippen LogP contribution is -2.34. The van der Waals surface area contributed by atoms with Gasteiger partial charge in [0.05, 0.1) is 5.69 Å². The summed E-state index contributed by atoms with van der Waals surface area (Å²) in [6.45, 7) is 6.55. The van der Waals surface area contributed by atoms with Crippen molar-refractivity contribution >= 4 is 40.1 Å². The van der Waals surface area contributed by atoms with Crippen molar-refractivity contribution in [2.75, 3.05) is 11.9 Å². The summed E-state index contributed by atoms with van der Waals surface area (Å²) in [5, 5.41) is 2.83. The summed E-state index contributed by atoms with van der Waals surface area (Å²) in [5.41, 5.74) is 3.45. The first-order valence-corrected chi connectivity index (χ1v) is 10.5. The maximum absolute atomic E-state index is 13.0. The van der Waals surface area contributed by atoms with Gasteiger partial charge in [-0.05, 0) is 55.7 Å². The third-order valence-electron chi connectivity index (χ3n) is 4.61. The zero-order valence-corrected chi connectivity index (χ0v) is 17.6. The summed E-state index contributed by atoms with van der Waals surface area (Å²) in [4.78, 5) is 31.7. The van der Waals surface area contributed by atoms with Crippen molar-refractivity contribution < 1.29 is 14.0 Å². The SMILES string of the molecule is CCCN1C(=O)[C@H](CC(=O)Nc2ccc(F)cc2)SC1=Nc1c(C)cccc1C. The third-order valence-corrected chi connectivity index (χ3v) is 5.79. The summed E-state index contributed by atoms with van der Waals surface area (Å²) in [6, 6.07) is 11.5. The number of hydrogen-bond donors (Lipinski definition) is 1. The molecule has 0 saturated carbocycles. The van der Waals surface area contributed by atoms with Crippen LogP contribution in [0.25, 0.3) is 0 Å². The smallest absolute Gasteiger partial charge is 0.242 e. The number of aliphatic imine (C=N–C) groups is 1. The highest BCUT2D eigenvalue weighted by atomic mass is 32.2. The van der Waals surface area contributed by atoms with Crippen molar-refractivity contribution in [3.63, 3.8) is 0 Å². The number of benzene rings is 2. The van der Waals surface area contributed by atoms with Gasteiger partial charge < -0.3 is 5.32 Å². The van der Waals surface area contributed by atoms with Crippen LogP contribution in [0.15, 0.2) is 47.5 Å². The van der Waals surface area contributed by atoms with Gasteiger partial charge in [-0.2, -0.15) is 0 Å². The Hall–Kier alpha value is -2.67. The minimum atomic E-state index is -0.523. The lowest BCUT2D eigenvalue weighted by Gasteiger charge is -2.16. The summed E-state index contributed by atoms with van der Waals surface area (Å²) >= 11 is 1.33. The maximum atomic E-state index is 13.0. The van der Waals surface area contributed by atoms with Crippen molar-refractivity contribution in [3.8, 4) is 0 Å². The molecule has 1 N–H and O–H groups in total. The molecule has 5 nitrogen and oxygen atoms in total. The Labute approximate surface area is 174 Å². The van der Waals surface area contributed by atoms with Crippen molar-refractivity contribution in [3.05, 3.63) is 59.4 Å². The van der Waals surface area contributed by atoms with E-state index in [0.29, 0.717) is 17.4 Å². The van der Waals surface area contributed by atoms with Crippen molar-refractivity contribution in [2.45, 2.75) is 38.9 Å². The van der Waals surface area contributed by atoms with Gasteiger partial charge in [0, 0.05) is 18.7 Å². The number of amidine groups is 1. The van der Waals surface area contributed by atoms with Gasteiger partial charge >= 0.3 is 0 Å². The molecular formula is C22H24FN3O2S. The van der Waals surface area contributed by atoms with Crippen LogP contribution in [-0.4, -0.2) is 33.7 Å². The van der Waals surface area contributed by atoms with Gasteiger partial charge in [0.25, 0.3) is 0 Å². The van der Waals surface area contributed by atoms with E-state index in [1.54, 1.807) is 4.90 Å². The molecule has 152 valence electrons. The van der Waals surface area contributed by atoms with Crippen LogP contribution in [0.1, 0.15) is 30.9 Å². The molecule has 0 spiro atoms. The number of nitrogens with one attached hydrogen (secondary N) is 1. The molecule has 7 heteroatoms. The Kier molecular flexibility index (Phi) is 6.69. The molecule has 0 unspecified atom stereocenters. The van der Waals surface area contributed by atoms with Crippen LogP contribution in [0.5, 0.6) is 0 Å². The average molecular weight is 414 g/mol. The summed E-state index contributed by atoms with van der Waals surface area (Å²) in [5.74, 6) is -0.754. The molecule has 1 atom stereocenters. The molecule has 1 saturated heterocycles. The molecule has 1 fully saturated rings. The number of nitrogens with zero attached hydrogens (tertiary/aromatic N) is 2. The lowest BCUT2D eigenvalue weighted by atomic mass is 10.1. The van der Waals surface area contributed by atoms with E-state index in [1.807, 2.05) is 39.0 Å². The topological polar surface area (TPSA) is 61.8 Å². The fourth-order valence-corrected chi connectivity index (χ4v) is 4.32.